The summed E-state index contributed by atoms with van der Waals surface area (Å²) in [6, 6.07) is 12.0. The fraction of sp³-hybridized carbons (Fsp3) is 0.200. The van der Waals surface area contributed by atoms with Crippen molar-refractivity contribution in [3.05, 3.63) is 66.2 Å². The molecule has 7 heteroatoms. The first-order valence-electron chi connectivity index (χ1n) is 8.61. The Morgan fingerprint density at radius 2 is 1.93 bits per heavy atom. The standard InChI is InChI=1S/C20H21BN2O4/c1-4-18(24)22-15-7-5-6-13(10-15)19(25)23-16-9-8-14-12-20(2,3)27-21(26)17(14)11-16/h4-11,26H,1,12H2,2-3H3,(H,22,24)(H,23,25). The molecule has 0 saturated carbocycles. The lowest BCUT2D eigenvalue weighted by atomic mass is 9.70. The molecule has 0 saturated heterocycles. The van der Waals surface area contributed by atoms with E-state index in [-0.39, 0.29) is 11.8 Å². The van der Waals surface area contributed by atoms with Crippen LogP contribution < -0.4 is 16.1 Å². The highest BCUT2D eigenvalue weighted by Crippen LogP contribution is 2.24. The summed E-state index contributed by atoms with van der Waals surface area (Å²) in [6.45, 7) is 7.25. The maximum Gasteiger partial charge on any atom is 0.491 e. The molecule has 1 heterocycles. The molecule has 1 aliphatic heterocycles. The van der Waals surface area contributed by atoms with Crippen molar-refractivity contribution in [1.82, 2.24) is 0 Å². The summed E-state index contributed by atoms with van der Waals surface area (Å²) in [5.74, 6) is -0.671. The zero-order chi connectivity index (χ0) is 19.6. The van der Waals surface area contributed by atoms with Gasteiger partial charge in [0.15, 0.2) is 0 Å². The largest absolute Gasteiger partial charge is 0.491 e. The van der Waals surface area contributed by atoms with Crippen molar-refractivity contribution in [2.24, 2.45) is 0 Å². The first kappa shape index (κ1) is 18.9. The van der Waals surface area contributed by atoms with Crippen molar-refractivity contribution < 1.29 is 19.3 Å². The topological polar surface area (TPSA) is 87.7 Å². The van der Waals surface area contributed by atoms with Crippen LogP contribution in [0.4, 0.5) is 11.4 Å². The molecule has 138 valence electrons. The molecule has 3 N–H and O–H groups in total. The zero-order valence-electron chi connectivity index (χ0n) is 15.3. The molecular formula is C20H21BN2O4. The van der Waals surface area contributed by atoms with Gasteiger partial charge in [0.25, 0.3) is 5.91 Å². The smallest absolute Gasteiger partial charge is 0.423 e. The Morgan fingerprint density at radius 1 is 1.19 bits per heavy atom. The third-order valence-corrected chi connectivity index (χ3v) is 4.29. The SMILES string of the molecule is C=CC(=O)Nc1cccc(C(=O)Nc2ccc3c(c2)B(O)OC(C)(C)C3)c1. The summed E-state index contributed by atoms with van der Waals surface area (Å²) >= 11 is 0. The molecule has 27 heavy (non-hydrogen) atoms. The van der Waals surface area contributed by atoms with Crippen LogP contribution in [-0.4, -0.2) is 29.6 Å². The Bertz CT molecular complexity index is 911. The van der Waals surface area contributed by atoms with Gasteiger partial charge in [0.05, 0.1) is 5.60 Å². The molecule has 0 spiro atoms. The molecule has 0 atom stereocenters. The van der Waals surface area contributed by atoms with E-state index in [0.717, 1.165) is 11.6 Å². The van der Waals surface area contributed by atoms with Gasteiger partial charge in [-0.25, -0.2) is 0 Å². The van der Waals surface area contributed by atoms with Crippen LogP contribution in [0.15, 0.2) is 55.1 Å². The molecule has 0 aromatic heterocycles. The highest BCUT2D eigenvalue weighted by Gasteiger charge is 2.35. The molecule has 2 amide bonds. The lowest BCUT2D eigenvalue weighted by Gasteiger charge is -2.34. The van der Waals surface area contributed by atoms with E-state index >= 15 is 0 Å². The van der Waals surface area contributed by atoms with E-state index in [1.165, 1.54) is 0 Å². The van der Waals surface area contributed by atoms with Crippen molar-refractivity contribution in [2.45, 2.75) is 25.9 Å². The number of fused-ring (bicyclic) bond motifs is 1. The minimum absolute atomic E-state index is 0.323. The van der Waals surface area contributed by atoms with Crippen LogP contribution in [0, 0.1) is 0 Å². The summed E-state index contributed by atoms with van der Waals surface area (Å²) in [5.41, 5.74) is 2.66. The summed E-state index contributed by atoms with van der Waals surface area (Å²) in [5, 5.41) is 15.7. The van der Waals surface area contributed by atoms with Gasteiger partial charge in [-0.2, -0.15) is 0 Å². The predicted octanol–water partition coefficient (Wildman–Crippen LogP) is 2.10. The van der Waals surface area contributed by atoms with Crippen LogP contribution in [-0.2, 0) is 15.9 Å². The monoisotopic (exact) mass is 364 g/mol. The van der Waals surface area contributed by atoms with Crippen LogP contribution in [0.2, 0.25) is 0 Å². The summed E-state index contributed by atoms with van der Waals surface area (Å²) in [6.07, 6.45) is 1.84. The molecule has 0 radical (unpaired) electrons. The number of hydrogen-bond acceptors (Lipinski definition) is 4. The second-order valence-corrected chi connectivity index (χ2v) is 7.05. The third kappa shape index (κ3) is 4.45. The second kappa shape index (κ2) is 7.38. The van der Waals surface area contributed by atoms with Gasteiger partial charge in [0.1, 0.15) is 0 Å². The van der Waals surface area contributed by atoms with Gasteiger partial charge < -0.3 is 20.3 Å². The van der Waals surface area contributed by atoms with Crippen LogP contribution >= 0.6 is 0 Å². The van der Waals surface area contributed by atoms with E-state index in [1.807, 2.05) is 19.9 Å². The highest BCUT2D eigenvalue weighted by molar-refractivity contribution is 6.61. The summed E-state index contributed by atoms with van der Waals surface area (Å²) in [7, 11) is -1.03. The van der Waals surface area contributed by atoms with Gasteiger partial charge >= 0.3 is 7.12 Å². The zero-order valence-corrected chi connectivity index (χ0v) is 15.3. The fourth-order valence-electron chi connectivity index (χ4n) is 3.06. The number of hydrogen-bond donors (Lipinski definition) is 3. The molecule has 2 aromatic rings. The Hall–Kier alpha value is -2.90. The van der Waals surface area contributed by atoms with E-state index < -0.39 is 12.7 Å². The van der Waals surface area contributed by atoms with E-state index in [9.17, 15) is 14.6 Å². The average molecular weight is 364 g/mol. The number of benzene rings is 2. The highest BCUT2D eigenvalue weighted by atomic mass is 16.5. The maximum atomic E-state index is 12.5. The molecule has 1 aliphatic rings. The molecule has 0 fully saturated rings. The third-order valence-electron chi connectivity index (χ3n) is 4.29. The minimum atomic E-state index is -1.03. The van der Waals surface area contributed by atoms with Crippen molar-refractivity contribution in [3.8, 4) is 0 Å². The van der Waals surface area contributed by atoms with Crippen LogP contribution in [0.25, 0.3) is 0 Å². The molecule has 2 aromatic carbocycles. The normalized spacial score (nSPS) is 14.9. The summed E-state index contributed by atoms with van der Waals surface area (Å²) < 4.78 is 5.60. The van der Waals surface area contributed by atoms with Crippen LogP contribution in [0.3, 0.4) is 0 Å². The van der Waals surface area contributed by atoms with Gasteiger partial charge in [0, 0.05) is 16.9 Å². The van der Waals surface area contributed by atoms with Crippen LogP contribution in [0.5, 0.6) is 0 Å². The lowest BCUT2D eigenvalue weighted by molar-refractivity contribution is -0.111. The number of nitrogens with one attached hydrogen (secondary N) is 2. The second-order valence-electron chi connectivity index (χ2n) is 7.05. The van der Waals surface area contributed by atoms with Gasteiger partial charge in [-0.15, -0.1) is 0 Å². The van der Waals surface area contributed by atoms with Gasteiger partial charge in [0.2, 0.25) is 5.91 Å². The van der Waals surface area contributed by atoms with E-state index in [0.29, 0.717) is 28.8 Å². The van der Waals surface area contributed by atoms with Gasteiger partial charge in [-0.05, 0) is 67.7 Å². The van der Waals surface area contributed by atoms with Gasteiger partial charge in [-0.3, -0.25) is 9.59 Å². The molecule has 3 rings (SSSR count). The van der Waals surface area contributed by atoms with Crippen molar-refractivity contribution in [1.29, 1.82) is 0 Å². The average Bonchev–Trinajstić information content (AvgIpc) is 2.61. The predicted molar refractivity (Wildman–Crippen MR) is 106 cm³/mol. The van der Waals surface area contributed by atoms with E-state index in [2.05, 4.69) is 17.2 Å². The number of rotatable bonds is 4. The summed E-state index contributed by atoms with van der Waals surface area (Å²) in [4.78, 5) is 23.9. The Balaban J connectivity index is 1.77. The first-order valence-corrected chi connectivity index (χ1v) is 8.61. The van der Waals surface area contributed by atoms with Crippen LogP contribution in [0.1, 0.15) is 29.8 Å². The number of anilines is 2. The number of amides is 2. The molecule has 0 unspecified atom stereocenters. The first-order chi connectivity index (χ1) is 12.8. The fourth-order valence-corrected chi connectivity index (χ4v) is 3.06. The van der Waals surface area contributed by atoms with E-state index in [1.54, 1.807) is 36.4 Å². The molecule has 0 bridgehead atoms. The van der Waals surface area contributed by atoms with E-state index in [4.69, 9.17) is 4.65 Å². The molecular weight excluding hydrogens is 343 g/mol. The Morgan fingerprint density at radius 3 is 2.67 bits per heavy atom. The number of carbonyl (C=O) groups is 2. The van der Waals surface area contributed by atoms with Crippen molar-refractivity contribution in [3.63, 3.8) is 0 Å². The quantitative estimate of drug-likeness (QED) is 0.573. The maximum absolute atomic E-state index is 12.5. The molecule has 6 nitrogen and oxygen atoms in total. The minimum Gasteiger partial charge on any atom is -0.423 e. The lowest BCUT2D eigenvalue weighted by Crippen LogP contribution is -2.50. The van der Waals surface area contributed by atoms with Crippen molar-refractivity contribution in [2.75, 3.05) is 10.6 Å². The number of carbonyl (C=O) groups excluding carboxylic acids is 2. The van der Waals surface area contributed by atoms with Crippen molar-refractivity contribution >= 4 is 35.8 Å². The van der Waals surface area contributed by atoms with Gasteiger partial charge in [-0.1, -0.05) is 18.7 Å². The molecule has 0 aliphatic carbocycles. The Labute approximate surface area is 158 Å². The Kier molecular flexibility index (Phi) is 5.16.